The Bertz CT molecular complexity index is 286. The summed E-state index contributed by atoms with van der Waals surface area (Å²) in [5, 5.41) is -0.243. The molecule has 1 aliphatic rings. The van der Waals surface area contributed by atoms with Crippen LogP contribution in [-0.2, 0) is 14.6 Å². The number of sulfone groups is 1. The highest BCUT2D eigenvalue weighted by atomic mass is 32.2. The second-order valence-corrected chi connectivity index (χ2v) is 6.98. The van der Waals surface area contributed by atoms with Gasteiger partial charge in [-0.1, -0.05) is 0 Å². The summed E-state index contributed by atoms with van der Waals surface area (Å²) in [5.74, 6) is 0.626. The van der Waals surface area contributed by atoms with E-state index < -0.39 is 9.84 Å². The van der Waals surface area contributed by atoms with E-state index in [4.69, 9.17) is 4.74 Å². The topological polar surface area (TPSA) is 46.6 Å². The van der Waals surface area contributed by atoms with Crippen molar-refractivity contribution in [1.29, 1.82) is 0 Å². The van der Waals surface area contributed by atoms with Gasteiger partial charge >= 0.3 is 0 Å². The lowest BCUT2D eigenvalue weighted by molar-refractivity contribution is 0.0373. The fourth-order valence-corrected chi connectivity index (χ4v) is 3.43. The van der Waals surface area contributed by atoms with E-state index in [1.54, 1.807) is 0 Å². The Morgan fingerprint density at radius 1 is 1.31 bits per heavy atom. The molecule has 4 nitrogen and oxygen atoms in total. The first kappa shape index (κ1) is 14.3. The van der Waals surface area contributed by atoms with Gasteiger partial charge in [-0.05, 0) is 25.1 Å². The number of thiol groups is 1. The van der Waals surface area contributed by atoms with Gasteiger partial charge < -0.3 is 4.74 Å². The lowest BCUT2D eigenvalue weighted by atomic mass is 10.2. The normalized spacial score (nSPS) is 20.9. The number of morpholine rings is 1. The maximum Gasteiger partial charge on any atom is 0.150 e. The third-order valence-corrected chi connectivity index (χ3v) is 4.87. The highest BCUT2D eigenvalue weighted by Gasteiger charge is 2.21. The molecule has 0 amide bonds. The average molecular weight is 267 g/mol. The Kier molecular flexibility index (Phi) is 6.10. The van der Waals surface area contributed by atoms with E-state index >= 15 is 0 Å². The summed E-state index contributed by atoms with van der Waals surface area (Å²) in [6, 6.07) is 0. The van der Waals surface area contributed by atoms with E-state index in [2.05, 4.69) is 17.5 Å². The third kappa shape index (κ3) is 5.03. The molecule has 0 aromatic carbocycles. The first-order valence-corrected chi connectivity index (χ1v) is 8.22. The van der Waals surface area contributed by atoms with E-state index in [0.29, 0.717) is 18.6 Å². The van der Waals surface area contributed by atoms with Gasteiger partial charge in [-0.2, -0.15) is 12.6 Å². The molecule has 0 aromatic heterocycles. The molecule has 1 heterocycles. The fourth-order valence-electron chi connectivity index (χ4n) is 1.87. The number of rotatable bonds is 6. The van der Waals surface area contributed by atoms with Gasteiger partial charge in [0.1, 0.15) is 9.84 Å². The highest BCUT2D eigenvalue weighted by Crippen LogP contribution is 2.12. The van der Waals surface area contributed by atoms with Crippen molar-refractivity contribution in [3.63, 3.8) is 0 Å². The van der Waals surface area contributed by atoms with Crippen LogP contribution in [-0.4, -0.2) is 63.4 Å². The maximum absolute atomic E-state index is 11.5. The minimum Gasteiger partial charge on any atom is -0.379 e. The summed E-state index contributed by atoms with van der Waals surface area (Å²) < 4.78 is 28.3. The number of nitrogens with zero attached hydrogens (tertiary/aromatic N) is 1. The summed E-state index contributed by atoms with van der Waals surface area (Å²) in [6.07, 6.45) is 2.67. The molecule has 0 aliphatic carbocycles. The van der Waals surface area contributed by atoms with Crippen LogP contribution in [0.15, 0.2) is 0 Å². The SMILES string of the molecule is CS(=O)(=O)C(CCS)CCN1CCOCC1. The van der Waals surface area contributed by atoms with Crippen molar-refractivity contribution in [2.45, 2.75) is 18.1 Å². The van der Waals surface area contributed by atoms with Crippen LogP contribution in [0.3, 0.4) is 0 Å². The van der Waals surface area contributed by atoms with Gasteiger partial charge in [0, 0.05) is 19.3 Å². The van der Waals surface area contributed by atoms with E-state index in [1.165, 1.54) is 6.26 Å². The quantitative estimate of drug-likeness (QED) is 0.710. The zero-order chi connectivity index (χ0) is 12.0. The molecule has 0 N–H and O–H groups in total. The Labute approximate surface area is 104 Å². The van der Waals surface area contributed by atoms with Gasteiger partial charge in [-0.15, -0.1) is 0 Å². The van der Waals surface area contributed by atoms with Crippen LogP contribution in [0, 0.1) is 0 Å². The summed E-state index contributed by atoms with van der Waals surface area (Å²) in [4.78, 5) is 2.26. The smallest absolute Gasteiger partial charge is 0.150 e. The molecular weight excluding hydrogens is 246 g/mol. The largest absolute Gasteiger partial charge is 0.379 e. The maximum atomic E-state index is 11.5. The van der Waals surface area contributed by atoms with Gasteiger partial charge in [-0.25, -0.2) is 8.42 Å². The molecular formula is C10H21NO3S2. The fraction of sp³-hybridized carbons (Fsp3) is 1.00. The van der Waals surface area contributed by atoms with Crippen LogP contribution < -0.4 is 0 Å². The molecule has 1 unspecified atom stereocenters. The summed E-state index contributed by atoms with van der Waals surface area (Å²) in [5.41, 5.74) is 0. The van der Waals surface area contributed by atoms with Gasteiger partial charge in [0.2, 0.25) is 0 Å². The highest BCUT2D eigenvalue weighted by molar-refractivity contribution is 7.91. The van der Waals surface area contributed by atoms with Gasteiger partial charge in [0.25, 0.3) is 0 Å². The van der Waals surface area contributed by atoms with Crippen LogP contribution in [0.1, 0.15) is 12.8 Å². The molecule has 1 saturated heterocycles. The molecule has 0 bridgehead atoms. The molecule has 96 valence electrons. The zero-order valence-electron chi connectivity index (χ0n) is 9.76. The minimum atomic E-state index is -2.93. The van der Waals surface area contributed by atoms with Gasteiger partial charge in [0.05, 0.1) is 18.5 Å². The van der Waals surface area contributed by atoms with Crippen molar-refractivity contribution >= 4 is 22.5 Å². The summed E-state index contributed by atoms with van der Waals surface area (Å²) >= 11 is 4.11. The van der Waals surface area contributed by atoms with Crippen LogP contribution in [0.25, 0.3) is 0 Å². The van der Waals surface area contributed by atoms with Crippen molar-refractivity contribution < 1.29 is 13.2 Å². The Morgan fingerprint density at radius 3 is 2.44 bits per heavy atom. The van der Waals surface area contributed by atoms with Gasteiger partial charge in [0.15, 0.2) is 0 Å². The predicted octanol–water partition coefficient (Wildman–Crippen LogP) is 0.442. The van der Waals surface area contributed by atoms with Crippen molar-refractivity contribution in [1.82, 2.24) is 4.90 Å². The predicted molar refractivity (Wildman–Crippen MR) is 69.0 cm³/mol. The van der Waals surface area contributed by atoms with Crippen LogP contribution in [0.2, 0.25) is 0 Å². The monoisotopic (exact) mass is 267 g/mol. The molecule has 0 aromatic rings. The second-order valence-electron chi connectivity index (χ2n) is 4.21. The van der Waals surface area contributed by atoms with E-state index in [0.717, 1.165) is 32.8 Å². The van der Waals surface area contributed by atoms with E-state index in [1.807, 2.05) is 0 Å². The molecule has 16 heavy (non-hydrogen) atoms. The Morgan fingerprint density at radius 2 is 1.94 bits per heavy atom. The third-order valence-electron chi connectivity index (χ3n) is 2.93. The van der Waals surface area contributed by atoms with Gasteiger partial charge in [-0.3, -0.25) is 4.90 Å². The van der Waals surface area contributed by atoms with Crippen molar-refractivity contribution in [2.75, 3.05) is 44.9 Å². The first-order chi connectivity index (χ1) is 7.54. The van der Waals surface area contributed by atoms with Crippen LogP contribution in [0.4, 0.5) is 0 Å². The first-order valence-electron chi connectivity index (χ1n) is 5.64. The standard InChI is InChI=1S/C10H21NO3S2/c1-16(12,13)10(3-9-15)2-4-11-5-7-14-8-6-11/h10,15H,2-9H2,1H3. The van der Waals surface area contributed by atoms with Crippen molar-refractivity contribution in [3.05, 3.63) is 0 Å². The molecule has 1 rings (SSSR count). The molecule has 0 radical (unpaired) electrons. The van der Waals surface area contributed by atoms with E-state index in [-0.39, 0.29) is 5.25 Å². The molecule has 0 spiro atoms. The second kappa shape index (κ2) is 6.83. The van der Waals surface area contributed by atoms with Crippen molar-refractivity contribution in [2.24, 2.45) is 0 Å². The van der Waals surface area contributed by atoms with Crippen LogP contribution >= 0.6 is 12.6 Å². The lowest BCUT2D eigenvalue weighted by Gasteiger charge is -2.27. The number of ether oxygens (including phenoxy) is 1. The summed E-state index contributed by atoms with van der Waals surface area (Å²) in [6.45, 7) is 4.19. The number of hydrogen-bond acceptors (Lipinski definition) is 5. The Balaban J connectivity index is 2.37. The average Bonchev–Trinajstić information content (AvgIpc) is 2.24. The molecule has 6 heteroatoms. The molecule has 1 aliphatic heterocycles. The van der Waals surface area contributed by atoms with E-state index in [9.17, 15) is 8.42 Å². The molecule has 1 atom stereocenters. The minimum absolute atomic E-state index is 0.243. The summed E-state index contributed by atoms with van der Waals surface area (Å²) in [7, 11) is -2.93. The van der Waals surface area contributed by atoms with Crippen LogP contribution in [0.5, 0.6) is 0 Å². The zero-order valence-corrected chi connectivity index (χ0v) is 11.5. The molecule has 1 fully saturated rings. The molecule has 0 saturated carbocycles. The van der Waals surface area contributed by atoms with Crippen molar-refractivity contribution in [3.8, 4) is 0 Å². The number of hydrogen-bond donors (Lipinski definition) is 1. The lowest BCUT2D eigenvalue weighted by Crippen LogP contribution is -2.38. The Hall–Kier alpha value is 0.220.